The Morgan fingerprint density at radius 3 is 2.67 bits per heavy atom. The third-order valence-corrected chi connectivity index (χ3v) is 3.07. The van der Waals surface area contributed by atoms with Gasteiger partial charge in [0.2, 0.25) is 5.91 Å². The fourth-order valence-corrected chi connectivity index (χ4v) is 2.05. The lowest BCUT2D eigenvalue weighted by atomic mass is 9.98. The summed E-state index contributed by atoms with van der Waals surface area (Å²) in [6.07, 6.45) is 4.79. The van der Waals surface area contributed by atoms with Gasteiger partial charge in [-0.2, -0.15) is 0 Å². The average molecular weight is 214 g/mol. The second kappa shape index (κ2) is 5.47. The Bertz CT molecular complexity index is 213. The lowest BCUT2D eigenvalue weighted by Gasteiger charge is -2.23. The molecule has 0 radical (unpaired) electrons. The summed E-state index contributed by atoms with van der Waals surface area (Å²) >= 11 is 0. The summed E-state index contributed by atoms with van der Waals surface area (Å²) in [7, 11) is 0. The molecule has 4 nitrogen and oxygen atoms in total. The highest BCUT2D eigenvalue weighted by atomic mass is 16.3. The van der Waals surface area contributed by atoms with Gasteiger partial charge in [-0.1, -0.05) is 26.2 Å². The summed E-state index contributed by atoms with van der Waals surface area (Å²) in [6, 6.07) is 0. The van der Waals surface area contributed by atoms with Gasteiger partial charge >= 0.3 is 0 Å². The van der Waals surface area contributed by atoms with Crippen LogP contribution in [0.4, 0.5) is 0 Å². The topological polar surface area (TPSA) is 75.3 Å². The largest absolute Gasteiger partial charge is 0.391 e. The number of hydrogen-bond donors (Lipinski definition) is 3. The molecule has 1 atom stereocenters. The summed E-state index contributed by atoms with van der Waals surface area (Å²) in [4.78, 5) is 11.7. The second-order valence-electron chi connectivity index (χ2n) is 4.52. The number of hydrogen-bond acceptors (Lipinski definition) is 3. The van der Waals surface area contributed by atoms with Crippen molar-refractivity contribution in [3.63, 3.8) is 0 Å². The molecule has 88 valence electrons. The Labute approximate surface area is 91.2 Å². The third-order valence-electron chi connectivity index (χ3n) is 3.07. The normalized spacial score (nSPS) is 21.3. The van der Waals surface area contributed by atoms with E-state index >= 15 is 0 Å². The van der Waals surface area contributed by atoms with Crippen LogP contribution < -0.4 is 11.1 Å². The van der Waals surface area contributed by atoms with Crippen LogP contribution in [0.25, 0.3) is 0 Å². The first kappa shape index (κ1) is 12.5. The van der Waals surface area contributed by atoms with Crippen molar-refractivity contribution in [1.82, 2.24) is 5.32 Å². The molecule has 1 amide bonds. The van der Waals surface area contributed by atoms with E-state index in [-0.39, 0.29) is 5.91 Å². The number of aliphatic hydroxyl groups is 1. The molecule has 1 saturated carbocycles. The van der Waals surface area contributed by atoms with E-state index in [1.54, 1.807) is 0 Å². The molecular weight excluding hydrogens is 192 g/mol. The maximum absolute atomic E-state index is 11.7. The molecule has 1 unspecified atom stereocenters. The van der Waals surface area contributed by atoms with Crippen molar-refractivity contribution in [2.45, 2.75) is 57.1 Å². The summed E-state index contributed by atoms with van der Waals surface area (Å²) in [5.41, 5.74) is 5.29. The molecular formula is C11H22N2O2. The van der Waals surface area contributed by atoms with E-state index < -0.39 is 11.6 Å². The van der Waals surface area contributed by atoms with E-state index in [2.05, 4.69) is 5.32 Å². The minimum atomic E-state index is -0.675. The van der Waals surface area contributed by atoms with Gasteiger partial charge in [0.15, 0.2) is 0 Å². The Morgan fingerprint density at radius 2 is 2.13 bits per heavy atom. The van der Waals surface area contributed by atoms with Crippen molar-refractivity contribution in [3.8, 4) is 0 Å². The summed E-state index contributed by atoms with van der Waals surface area (Å²) in [5, 5.41) is 12.2. The number of carbonyl (C=O) groups excluding carboxylic acids is 1. The Balaban J connectivity index is 2.29. The standard InChI is InChI=1S/C11H22N2O2/c1-2-5-9(14)8-13-10(15)11(12)6-3-4-7-11/h9,14H,2-8,12H2,1H3,(H,13,15). The third kappa shape index (κ3) is 3.47. The lowest BCUT2D eigenvalue weighted by Crippen LogP contribution is -2.53. The number of rotatable bonds is 5. The van der Waals surface area contributed by atoms with E-state index in [1.165, 1.54) is 0 Å². The van der Waals surface area contributed by atoms with Crippen molar-refractivity contribution >= 4 is 5.91 Å². The fraction of sp³-hybridized carbons (Fsp3) is 0.909. The highest BCUT2D eigenvalue weighted by molar-refractivity contribution is 5.86. The van der Waals surface area contributed by atoms with Gasteiger partial charge in [0.1, 0.15) is 0 Å². The molecule has 0 heterocycles. The first-order chi connectivity index (χ1) is 7.08. The van der Waals surface area contributed by atoms with E-state index in [0.29, 0.717) is 6.54 Å². The van der Waals surface area contributed by atoms with Crippen molar-refractivity contribution < 1.29 is 9.90 Å². The first-order valence-corrected chi connectivity index (χ1v) is 5.84. The molecule has 0 aromatic rings. The first-order valence-electron chi connectivity index (χ1n) is 5.84. The van der Waals surface area contributed by atoms with Crippen LogP contribution in [0.5, 0.6) is 0 Å². The highest BCUT2D eigenvalue weighted by Crippen LogP contribution is 2.27. The monoisotopic (exact) mass is 214 g/mol. The van der Waals surface area contributed by atoms with E-state index in [1.807, 2.05) is 6.92 Å². The van der Waals surface area contributed by atoms with Crippen LogP contribution in [-0.2, 0) is 4.79 Å². The molecule has 4 N–H and O–H groups in total. The van der Waals surface area contributed by atoms with Gasteiger partial charge in [-0.25, -0.2) is 0 Å². The predicted octanol–water partition coefficient (Wildman–Crippen LogP) is 0.535. The average Bonchev–Trinajstić information content (AvgIpc) is 2.63. The van der Waals surface area contributed by atoms with Crippen LogP contribution in [0.15, 0.2) is 0 Å². The van der Waals surface area contributed by atoms with Crippen LogP contribution in [0.3, 0.4) is 0 Å². The van der Waals surface area contributed by atoms with Gasteiger partial charge in [0.05, 0.1) is 11.6 Å². The SMILES string of the molecule is CCCC(O)CNC(=O)C1(N)CCCC1. The summed E-state index contributed by atoms with van der Waals surface area (Å²) in [5.74, 6) is -0.102. The maximum Gasteiger partial charge on any atom is 0.240 e. The number of carbonyl (C=O) groups is 1. The zero-order valence-electron chi connectivity index (χ0n) is 9.46. The zero-order valence-corrected chi connectivity index (χ0v) is 9.46. The molecule has 1 aliphatic carbocycles. The summed E-state index contributed by atoms with van der Waals surface area (Å²) in [6.45, 7) is 2.33. The second-order valence-corrected chi connectivity index (χ2v) is 4.52. The molecule has 0 saturated heterocycles. The molecule has 4 heteroatoms. The van der Waals surface area contributed by atoms with Crippen molar-refractivity contribution in [1.29, 1.82) is 0 Å². The number of amides is 1. The van der Waals surface area contributed by atoms with Gasteiger partial charge in [-0.15, -0.1) is 0 Å². The van der Waals surface area contributed by atoms with Crippen molar-refractivity contribution in [2.24, 2.45) is 5.73 Å². The molecule has 1 aliphatic rings. The molecule has 15 heavy (non-hydrogen) atoms. The van der Waals surface area contributed by atoms with E-state index in [9.17, 15) is 9.90 Å². The van der Waals surface area contributed by atoms with Crippen LogP contribution in [0.1, 0.15) is 45.4 Å². The van der Waals surface area contributed by atoms with Gasteiger partial charge in [0, 0.05) is 6.54 Å². The number of nitrogens with one attached hydrogen (secondary N) is 1. The van der Waals surface area contributed by atoms with Gasteiger partial charge in [0.25, 0.3) is 0 Å². The quantitative estimate of drug-likeness (QED) is 0.625. The number of aliphatic hydroxyl groups excluding tert-OH is 1. The van der Waals surface area contributed by atoms with Crippen molar-refractivity contribution in [3.05, 3.63) is 0 Å². The van der Waals surface area contributed by atoms with Gasteiger partial charge < -0.3 is 16.2 Å². The minimum absolute atomic E-state index is 0.102. The Hall–Kier alpha value is -0.610. The molecule has 0 aromatic heterocycles. The van der Waals surface area contributed by atoms with Crippen LogP contribution >= 0.6 is 0 Å². The maximum atomic E-state index is 11.7. The zero-order chi connectivity index (χ0) is 11.3. The molecule has 0 spiro atoms. The number of nitrogens with two attached hydrogens (primary N) is 1. The molecule has 0 aromatic carbocycles. The van der Waals surface area contributed by atoms with Crippen LogP contribution in [0, 0.1) is 0 Å². The molecule has 1 rings (SSSR count). The smallest absolute Gasteiger partial charge is 0.240 e. The highest BCUT2D eigenvalue weighted by Gasteiger charge is 2.36. The summed E-state index contributed by atoms with van der Waals surface area (Å²) < 4.78 is 0. The lowest BCUT2D eigenvalue weighted by molar-refractivity contribution is -0.126. The minimum Gasteiger partial charge on any atom is -0.391 e. The molecule has 0 bridgehead atoms. The van der Waals surface area contributed by atoms with Crippen molar-refractivity contribution in [2.75, 3.05) is 6.54 Å². The van der Waals surface area contributed by atoms with Crippen LogP contribution in [-0.4, -0.2) is 29.2 Å². The molecule has 1 fully saturated rings. The van der Waals surface area contributed by atoms with Crippen LogP contribution in [0.2, 0.25) is 0 Å². The Kier molecular flexibility index (Phi) is 4.54. The fourth-order valence-electron chi connectivity index (χ4n) is 2.05. The van der Waals surface area contributed by atoms with Gasteiger partial charge in [-0.05, 0) is 19.3 Å². The van der Waals surface area contributed by atoms with Gasteiger partial charge in [-0.3, -0.25) is 4.79 Å². The Morgan fingerprint density at radius 1 is 1.53 bits per heavy atom. The molecule has 0 aliphatic heterocycles. The van der Waals surface area contributed by atoms with E-state index in [0.717, 1.165) is 38.5 Å². The van der Waals surface area contributed by atoms with E-state index in [4.69, 9.17) is 5.73 Å². The predicted molar refractivity (Wildman–Crippen MR) is 59.3 cm³/mol.